The van der Waals surface area contributed by atoms with Gasteiger partial charge in [-0.3, -0.25) is 14.9 Å². The van der Waals surface area contributed by atoms with Gasteiger partial charge in [0.2, 0.25) is 0 Å². The lowest BCUT2D eigenvalue weighted by atomic mass is 10.1. The molecule has 8 heteroatoms. The van der Waals surface area contributed by atoms with Crippen molar-refractivity contribution in [2.75, 3.05) is 27.2 Å². The topological polar surface area (TPSA) is 82.9 Å². The largest absolute Gasteiger partial charge is 0.333 e. The van der Waals surface area contributed by atoms with Crippen molar-refractivity contribution in [3.8, 4) is 11.3 Å². The van der Waals surface area contributed by atoms with Crippen LogP contribution in [0.4, 0.5) is 0 Å². The second-order valence-electron chi connectivity index (χ2n) is 7.77. The van der Waals surface area contributed by atoms with Gasteiger partial charge in [0.1, 0.15) is 5.65 Å². The minimum atomic E-state index is 0.000708. The number of likely N-dealkylation sites (N-methyl/N-ethyl adjacent to an activating group) is 1. The molecule has 0 saturated heterocycles. The Morgan fingerprint density at radius 3 is 2.71 bits per heavy atom. The summed E-state index contributed by atoms with van der Waals surface area (Å²) in [6.07, 6.45) is 9.04. The van der Waals surface area contributed by atoms with Gasteiger partial charge in [-0.25, -0.2) is 4.98 Å². The van der Waals surface area contributed by atoms with Crippen molar-refractivity contribution in [3.05, 3.63) is 66.4 Å². The molecule has 0 aliphatic carbocycles. The SMILES string of the molecule is CCn1cc(C(=O)N(CCN(C)C)Cc2cccnc2)c2ccc(-c3cn[nH]c3)nc21. The molecule has 0 atom stereocenters. The van der Waals surface area contributed by atoms with Crippen molar-refractivity contribution in [2.45, 2.75) is 20.0 Å². The molecule has 0 unspecified atom stereocenters. The van der Waals surface area contributed by atoms with E-state index in [-0.39, 0.29) is 5.91 Å². The fourth-order valence-electron chi connectivity index (χ4n) is 3.58. The molecule has 31 heavy (non-hydrogen) atoms. The van der Waals surface area contributed by atoms with E-state index in [2.05, 4.69) is 27.0 Å². The van der Waals surface area contributed by atoms with Gasteiger partial charge in [-0.1, -0.05) is 6.07 Å². The third kappa shape index (κ3) is 4.49. The van der Waals surface area contributed by atoms with E-state index in [0.717, 1.165) is 40.9 Å². The Morgan fingerprint density at radius 1 is 1.16 bits per heavy atom. The zero-order chi connectivity index (χ0) is 21.8. The molecule has 160 valence electrons. The first-order chi connectivity index (χ1) is 15.1. The van der Waals surface area contributed by atoms with Crippen LogP contribution in [0.5, 0.6) is 0 Å². The number of carbonyl (C=O) groups is 1. The number of pyridine rings is 2. The summed E-state index contributed by atoms with van der Waals surface area (Å²) in [6, 6.07) is 7.82. The van der Waals surface area contributed by atoms with Gasteiger partial charge in [0.25, 0.3) is 5.91 Å². The molecule has 0 fully saturated rings. The minimum Gasteiger partial charge on any atom is -0.333 e. The molecule has 4 rings (SSSR count). The second kappa shape index (κ2) is 9.09. The molecular formula is C23H27N7O. The summed E-state index contributed by atoms with van der Waals surface area (Å²) in [4.78, 5) is 26.6. The molecule has 4 aromatic heterocycles. The highest BCUT2D eigenvalue weighted by Crippen LogP contribution is 2.26. The van der Waals surface area contributed by atoms with E-state index in [1.807, 2.05) is 66.4 Å². The van der Waals surface area contributed by atoms with Crippen LogP contribution in [0.3, 0.4) is 0 Å². The van der Waals surface area contributed by atoms with Gasteiger partial charge in [-0.2, -0.15) is 5.10 Å². The van der Waals surface area contributed by atoms with E-state index >= 15 is 0 Å². The number of aryl methyl sites for hydroxylation is 1. The van der Waals surface area contributed by atoms with Crippen molar-refractivity contribution in [1.29, 1.82) is 0 Å². The second-order valence-corrected chi connectivity index (χ2v) is 7.77. The summed E-state index contributed by atoms with van der Waals surface area (Å²) in [5, 5.41) is 7.69. The van der Waals surface area contributed by atoms with Crippen LogP contribution in [0.1, 0.15) is 22.8 Å². The average Bonchev–Trinajstić information content (AvgIpc) is 3.44. The third-order valence-corrected chi connectivity index (χ3v) is 5.29. The van der Waals surface area contributed by atoms with Crippen LogP contribution >= 0.6 is 0 Å². The van der Waals surface area contributed by atoms with Crippen LogP contribution in [-0.4, -0.2) is 67.6 Å². The predicted molar refractivity (Wildman–Crippen MR) is 121 cm³/mol. The predicted octanol–water partition coefficient (Wildman–Crippen LogP) is 3.05. The Morgan fingerprint density at radius 2 is 2.03 bits per heavy atom. The van der Waals surface area contributed by atoms with Crippen LogP contribution in [0.25, 0.3) is 22.3 Å². The summed E-state index contributed by atoms with van der Waals surface area (Å²) < 4.78 is 2.03. The summed E-state index contributed by atoms with van der Waals surface area (Å²) in [6.45, 7) is 4.70. The van der Waals surface area contributed by atoms with Gasteiger partial charge < -0.3 is 14.4 Å². The van der Waals surface area contributed by atoms with E-state index in [4.69, 9.17) is 4.98 Å². The molecule has 0 bridgehead atoms. The number of rotatable bonds is 8. The van der Waals surface area contributed by atoms with Crippen molar-refractivity contribution < 1.29 is 4.79 Å². The normalized spacial score (nSPS) is 11.4. The summed E-state index contributed by atoms with van der Waals surface area (Å²) >= 11 is 0. The molecule has 0 aliphatic heterocycles. The maximum atomic E-state index is 13.6. The number of aromatic nitrogens is 5. The lowest BCUT2D eigenvalue weighted by Crippen LogP contribution is -2.36. The lowest BCUT2D eigenvalue weighted by Gasteiger charge is -2.24. The third-order valence-electron chi connectivity index (χ3n) is 5.29. The fraction of sp³-hybridized carbons (Fsp3) is 0.304. The highest BCUT2D eigenvalue weighted by Gasteiger charge is 2.22. The number of fused-ring (bicyclic) bond motifs is 1. The van der Waals surface area contributed by atoms with Gasteiger partial charge in [0, 0.05) is 61.9 Å². The quantitative estimate of drug-likeness (QED) is 0.476. The van der Waals surface area contributed by atoms with Crippen molar-refractivity contribution in [2.24, 2.45) is 0 Å². The fourth-order valence-corrected chi connectivity index (χ4v) is 3.58. The highest BCUT2D eigenvalue weighted by molar-refractivity contribution is 6.06. The number of nitrogens with zero attached hydrogens (tertiary/aromatic N) is 6. The molecule has 4 heterocycles. The van der Waals surface area contributed by atoms with E-state index in [1.165, 1.54) is 0 Å². The molecule has 0 saturated carbocycles. The Labute approximate surface area is 181 Å². The van der Waals surface area contributed by atoms with Gasteiger partial charge >= 0.3 is 0 Å². The van der Waals surface area contributed by atoms with E-state index in [0.29, 0.717) is 18.7 Å². The minimum absolute atomic E-state index is 0.000708. The van der Waals surface area contributed by atoms with Crippen molar-refractivity contribution >= 4 is 16.9 Å². The number of hydrogen-bond donors (Lipinski definition) is 1. The number of hydrogen-bond acceptors (Lipinski definition) is 5. The molecule has 0 spiro atoms. The molecule has 0 radical (unpaired) electrons. The summed E-state index contributed by atoms with van der Waals surface area (Å²) in [5.74, 6) is 0.000708. The van der Waals surface area contributed by atoms with Gasteiger partial charge in [0.05, 0.1) is 17.5 Å². The zero-order valence-electron chi connectivity index (χ0n) is 18.1. The number of amides is 1. The monoisotopic (exact) mass is 417 g/mol. The van der Waals surface area contributed by atoms with Crippen molar-refractivity contribution in [1.82, 2.24) is 34.5 Å². The van der Waals surface area contributed by atoms with Crippen LogP contribution in [0.15, 0.2) is 55.2 Å². The average molecular weight is 418 g/mol. The first-order valence-corrected chi connectivity index (χ1v) is 10.4. The molecule has 1 N–H and O–H groups in total. The van der Waals surface area contributed by atoms with Crippen molar-refractivity contribution in [3.63, 3.8) is 0 Å². The zero-order valence-corrected chi connectivity index (χ0v) is 18.1. The Balaban J connectivity index is 1.71. The van der Waals surface area contributed by atoms with E-state index in [1.54, 1.807) is 12.4 Å². The molecular weight excluding hydrogens is 390 g/mol. The Bertz CT molecular complexity index is 1150. The molecule has 0 aromatic carbocycles. The molecule has 0 aliphatic rings. The Kier molecular flexibility index (Phi) is 6.08. The Hall–Kier alpha value is -3.52. The number of carbonyl (C=O) groups excluding carboxylic acids is 1. The van der Waals surface area contributed by atoms with Crippen LogP contribution in [0, 0.1) is 0 Å². The van der Waals surface area contributed by atoms with Gasteiger partial charge in [0.15, 0.2) is 0 Å². The maximum absolute atomic E-state index is 13.6. The number of H-pyrrole nitrogens is 1. The molecule has 8 nitrogen and oxygen atoms in total. The lowest BCUT2D eigenvalue weighted by molar-refractivity contribution is 0.0733. The first-order valence-electron chi connectivity index (χ1n) is 10.4. The summed E-state index contributed by atoms with van der Waals surface area (Å²) in [7, 11) is 4.02. The molecule has 1 amide bonds. The van der Waals surface area contributed by atoms with Gasteiger partial charge in [-0.05, 0) is 44.8 Å². The highest BCUT2D eigenvalue weighted by atomic mass is 16.2. The van der Waals surface area contributed by atoms with E-state index < -0.39 is 0 Å². The van der Waals surface area contributed by atoms with Crippen LogP contribution in [0.2, 0.25) is 0 Å². The standard InChI is InChI=1S/C23H27N7O/c1-4-29-16-20(19-7-8-21(27-22(19)29)18-13-25-26-14-18)23(31)30(11-10-28(2)3)15-17-6-5-9-24-12-17/h5-9,12-14,16H,4,10-11,15H2,1-3H3,(H,25,26). The number of aromatic amines is 1. The smallest absolute Gasteiger partial charge is 0.256 e. The van der Waals surface area contributed by atoms with Crippen LogP contribution in [-0.2, 0) is 13.1 Å². The first kappa shape index (κ1) is 20.7. The van der Waals surface area contributed by atoms with Gasteiger partial charge in [-0.15, -0.1) is 0 Å². The van der Waals surface area contributed by atoms with E-state index in [9.17, 15) is 4.79 Å². The maximum Gasteiger partial charge on any atom is 0.256 e. The number of nitrogens with one attached hydrogen (secondary N) is 1. The van der Waals surface area contributed by atoms with Crippen LogP contribution < -0.4 is 0 Å². The summed E-state index contributed by atoms with van der Waals surface area (Å²) in [5.41, 5.74) is 4.23. The molecule has 4 aromatic rings.